The third-order valence-electron chi connectivity index (χ3n) is 4.82. The summed E-state index contributed by atoms with van der Waals surface area (Å²) in [6, 6.07) is 9.68. The molecule has 10 heteroatoms. The van der Waals surface area contributed by atoms with Gasteiger partial charge in [-0.2, -0.15) is 0 Å². The maximum atomic E-state index is 11.8. The Hall–Kier alpha value is -3.11. The van der Waals surface area contributed by atoms with Crippen LogP contribution in [0.1, 0.15) is 16.5 Å². The van der Waals surface area contributed by atoms with E-state index in [-0.39, 0.29) is 5.69 Å². The number of thiophene rings is 1. The molecule has 1 aromatic carbocycles. The number of fused-ring (bicyclic) bond motifs is 1. The summed E-state index contributed by atoms with van der Waals surface area (Å²) in [6.45, 7) is 3.05. The number of rotatable bonds is 5. The minimum Gasteiger partial charge on any atom is -0.480 e. The van der Waals surface area contributed by atoms with E-state index in [0.717, 1.165) is 27.0 Å². The van der Waals surface area contributed by atoms with Gasteiger partial charge in [0.25, 0.3) is 5.69 Å². The highest BCUT2D eigenvalue weighted by Crippen LogP contribution is 2.31. The average molecular weight is 399 g/mol. The zero-order valence-electron chi connectivity index (χ0n) is 15.0. The lowest BCUT2D eigenvalue weighted by Gasteiger charge is -2.33. The number of aromatic nitrogens is 3. The number of benzene rings is 1. The topological polar surface area (TPSA) is 114 Å². The molecule has 0 saturated carbocycles. The largest absolute Gasteiger partial charge is 0.480 e. The molecule has 3 aromatic rings. The van der Waals surface area contributed by atoms with Crippen molar-refractivity contribution in [2.75, 3.05) is 0 Å². The molecule has 1 atom stereocenters. The highest BCUT2D eigenvalue weighted by molar-refractivity contribution is 7.15. The van der Waals surface area contributed by atoms with Crippen molar-refractivity contribution in [3.8, 4) is 10.4 Å². The van der Waals surface area contributed by atoms with Gasteiger partial charge in [0.15, 0.2) is 0 Å². The van der Waals surface area contributed by atoms with E-state index in [2.05, 4.69) is 10.2 Å². The lowest BCUT2D eigenvalue weighted by atomic mass is 10.1. The van der Waals surface area contributed by atoms with Crippen LogP contribution in [-0.4, -0.2) is 41.7 Å². The van der Waals surface area contributed by atoms with Crippen LogP contribution in [-0.2, 0) is 24.4 Å². The fourth-order valence-corrected chi connectivity index (χ4v) is 4.36. The van der Waals surface area contributed by atoms with Crippen LogP contribution >= 0.6 is 11.3 Å². The Kier molecular flexibility index (Phi) is 4.65. The monoisotopic (exact) mass is 399 g/mol. The van der Waals surface area contributed by atoms with Crippen molar-refractivity contribution in [2.24, 2.45) is 0 Å². The van der Waals surface area contributed by atoms with Gasteiger partial charge in [0.2, 0.25) is 0 Å². The van der Waals surface area contributed by atoms with Gasteiger partial charge >= 0.3 is 5.97 Å². The van der Waals surface area contributed by atoms with E-state index in [9.17, 15) is 20.0 Å². The van der Waals surface area contributed by atoms with Crippen molar-refractivity contribution in [2.45, 2.75) is 32.6 Å². The van der Waals surface area contributed by atoms with E-state index in [1.807, 2.05) is 28.5 Å². The first-order valence-electron chi connectivity index (χ1n) is 8.61. The number of carboxylic acids is 1. The van der Waals surface area contributed by atoms with Crippen molar-refractivity contribution in [1.29, 1.82) is 0 Å². The van der Waals surface area contributed by atoms with Crippen molar-refractivity contribution in [3.63, 3.8) is 0 Å². The minimum atomic E-state index is -0.870. The second-order valence-electron chi connectivity index (χ2n) is 6.60. The van der Waals surface area contributed by atoms with Crippen molar-refractivity contribution >= 4 is 23.0 Å². The Morgan fingerprint density at radius 1 is 1.29 bits per heavy atom. The van der Waals surface area contributed by atoms with Gasteiger partial charge in [0.1, 0.15) is 17.7 Å². The van der Waals surface area contributed by atoms with Crippen LogP contribution in [0.3, 0.4) is 0 Å². The van der Waals surface area contributed by atoms with Crippen molar-refractivity contribution in [1.82, 2.24) is 19.7 Å². The van der Waals surface area contributed by atoms with Gasteiger partial charge < -0.3 is 9.67 Å². The van der Waals surface area contributed by atoms with Crippen LogP contribution in [0.25, 0.3) is 10.4 Å². The smallest absolute Gasteiger partial charge is 0.322 e. The van der Waals surface area contributed by atoms with Crippen molar-refractivity contribution < 1.29 is 14.8 Å². The predicted octanol–water partition coefficient (Wildman–Crippen LogP) is 2.69. The molecule has 1 aliphatic rings. The summed E-state index contributed by atoms with van der Waals surface area (Å²) < 4.78 is 1.85. The van der Waals surface area contributed by atoms with Crippen LogP contribution in [0.5, 0.6) is 0 Å². The highest BCUT2D eigenvalue weighted by atomic mass is 32.1. The molecule has 0 bridgehead atoms. The van der Waals surface area contributed by atoms with Gasteiger partial charge in [-0.3, -0.25) is 19.8 Å². The second kappa shape index (κ2) is 7.13. The number of carboxylic acid groups (broad SMARTS) is 1. The van der Waals surface area contributed by atoms with Crippen LogP contribution in [0.4, 0.5) is 5.69 Å². The molecule has 3 heterocycles. The number of non-ortho nitro benzene ring substituents is 1. The second-order valence-corrected chi connectivity index (χ2v) is 7.77. The fourth-order valence-electron chi connectivity index (χ4n) is 3.33. The molecule has 144 valence electrons. The van der Waals surface area contributed by atoms with Crippen LogP contribution < -0.4 is 0 Å². The molecule has 28 heavy (non-hydrogen) atoms. The zero-order chi connectivity index (χ0) is 19.8. The molecule has 0 amide bonds. The van der Waals surface area contributed by atoms with Gasteiger partial charge in [0, 0.05) is 28.4 Å². The number of nitro groups is 1. The summed E-state index contributed by atoms with van der Waals surface area (Å²) in [7, 11) is 0. The maximum absolute atomic E-state index is 11.8. The lowest BCUT2D eigenvalue weighted by Crippen LogP contribution is -2.47. The molecule has 0 aliphatic carbocycles. The third-order valence-corrected chi connectivity index (χ3v) is 5.94. The Labute approximate surface area is 164 Å². The van der Waals surface area contributed by atoms with Gasteiger partial charge in [-0.05, 0) is 36.8 Å². The molecular weight excluding hydrogens is 382 g/mol. The molecule has 1 unspecified atom stereocenters. The Morgan fingerprint density at radius 2 is 2.04 bits per heavy atom. The SMILES string of the molecule is Cc1nnc2n1CC(C(=O)O)N(Cc1ccc(-c3ccc([N+](=O)[O-])cc3)s1)C2. The molecule has 0 fully saturated rings. The summed E-state index contributed by atoms with van der Waals surface area (Å²) in [5.41, 5.74) is 0.947. The number of nitro benzene ring substituents is 1. The molecular formula is C18H17N5O4S. The van der Waals surface area contributed by atoms with E-state index in [4.69, 9.17) is 0 Å². The molecule has 0 spiro atoms. The number of hydrogen-bond acceptors (Lipinski definition) is 7. The van der Waals surface area contributed by atoms with Gasteiger partial charge in [-0.1, -0.05) is 0 Å². The Bertz CT molecular complexity index is 1040. The first-order chi connectivity index (χ1) is 13.4. The molecule has 0 radical (unpaired) electrons. The van der Waals surface area contributed by atoms with Crippen LogP contribution in [0, 0.1) is 17.0 Å². The van der Waals surface area contributed by atoms with E-state index in [1.165, 1.54) is 12.1 Å². The zero-order valence-corrected chi connectivity index (χ0v) is 15.8. The average Bonchev–Trinajstić information content (AvgIpc) is 3.28. The Balaban J connectivity index is 1.54. The normalized spacial score (nSPS) is 16.7. The summed E-state index contributed by atoms with van der Waals surface area (Å²) in [5.74, 6) is 0.616. The van der Waals surface area contributed by atoms with Gasteiger partial charge in [-0.15, -0.1) is 21.5 Å². The van der Waals surface area contributed by atoms with Crippen molar-refractivity contribution in [3.05, 3.63) is 63.0 Å². The number of aliphatic carboxylic acids is 1. The summed E-state index contributed by atoms with van der Waals surface area (Å²) in [6.07, 6.45) is 0. The quantitative estimate of drug-likeness (QED) is 0.518. The van der Waals surface area contributed by atoms with E-state index < -0.39 is 16.9 Å². The molecule has 9 nitrogen and oxygen atoms in total. The standard InChI is InChI=1S/C18H17N5O4S/c1-11-19-20-17-10-21(15(18(24)25)9-22(11)17)8-14-6-7-16(28-14)12-2-4-13(5-3-12)23(26)27/h2-7,15H,8-10H2,1H3,(H,24,25). The molecule has 1 N–H and O–H groups in total. The summed E-state index contributed by atoms with van der Waals surface area (Å²) in [5, 5.41) is 28.6. The Morgan fingerprint density at radius 3 is 2.71 bits per heavy atom. The van der Waals surface area contributed by atoms with E-state index in [0.29, 0.717) is 19.6 Å². The van der Waals surface area contributed by atoms with Gasteiger partial charge in [-0.25, -0.2) is 0 Å². The first kappa shape index (κ1) is 18.3. The highest BCUT2D eigenvalue weighted by Gasteiger charge is 2.33. The molecule has 4 rings (SSSR count). The maximum Gasteiger partial charge on any atom is 0.322 e. The number of nitrogens with zero attached hydrogens (tertiary/aromatic N) is 5. The fraction of sp³-hybridized carbons (Fsp3) is 0.278. The molecule has 0 saturated heterocycles. The number of hydrogen-bond donors (Lipinski definition) is 1. The van der Waals surface area contributed by atoms with Gasteiger partial charge in [0.05, 0.1) is 18.0 Å². The minimum absolute atomic E-state index is 0.0533. The number of carbonyl (C=O) groups is 1. The molecule has 1 aliphatic heterocycles. The van der Waals surface area contributed by atoms with E-state index >= 15 is 0 Å². The molecule has 2 aromatic heterocycles. The lowest BCUT2D eigenvalue weighted by molar-refractivity contribution is -0.384. The van der Waals surface area contributed by atoms with Crippen LogP contribution in [0.2, 0.25) is 0 Å². The first-order valence-corrected chi connectivity index (χ1v) is 9.43. The van der Waals surface area contributed by atoms with E-state index in [1.54, 1.807) is 23.5 Å². The van der Waals surface area contributed by atoms with Crippen LogP contribution in [0.15, 0.2) is 36.4 Å². The third kappa shape index (κ3) is 3.39. The number of aryl methyl sites for hydroxylation is 1. The summed E-state index contributed by atoms with van der Waals surface area (Å²) in [4.78, 5) is 26.0. The summed E-state index contributed by atoms with van der Waals surface area (Å²) >= 11 is 1.55. The predicted molar refractivity (Wildman–Crippen MR) is 102 cm³/mol.